The number of carbonyl (C=O) groups excluding carboxylic acids is 1. The summed E-state index contributed by atoms with van der Waals surface area (Å²) in [5, 5.41) is 8.70. The fraction of sp³-hybridized carbons (Fsp3) is 0.400. The van der Waals surface area contributed by atoms with Gasteiger partial charge >= 0.3 is 0 Å². The fourth-order valence-electron chi connectivity index (χ4n) is 4.06. The van der Waals surface area contributed by atoms with E-state index in [4.69, 9.17) is 4.74 Å². The van der Waals surface area contributed by atoms with Crippen molar-refractivity contribution in [1.29, 1.82) is 0 Å². The number of sulfonamides is 1. The standard InChI is InChI=1S/C20H21N5O5S2/c26-17(13-3-1-4-14(11-13)32(28,29)24-7-9-30-10-8-24)12-31-20-23-22-19-21-18(27)15-5-2-6-16(15)25(19)20/h1,3-4,11H,2,5-10,12H2,(H,21,22,27). The van der Waals surface area contributed by atoms with Crippen LogP contribution in [-0.4, -0.2) is 70.1 Å². The van der Waals surface area contributed by atoms with Gasteiger partial charge in [-0.1, -0.05) is 23.9 Å². The maximum Gasteiger partial charge on any atom is 0.255 e. The summed E-state index contributed by atoms with van der Waals surface area (Å²) in [5.41, 5.74) is 1.82. The van der Waals surface area contributed by atoms with E-state index in [9.17, 15) is 18.0 Å². The minimum atomic E-state index is -3.68. The van der Waals surface area contributed by atoms with Gasteiger partial charge in [-0.05, 0) is 31.4 Å². The van der Waals surface area contributed by atoms with Crippen LogP contribution in [0.25, 0.3) is 5.78 Å². The van der Waals surface area contributed by atoms with E-state index in [-0.39, 0.29) is 22.0 Å². The van der Waals surface area contributed by atoms with Crippen molar-refractivity contribution in [3.63, 3.8) is 0 Å². The fourth-order valence-corrected chi connectivity index (χ4v) is 6.37. The third kappa shape index (κ3) is 3.76. The number of ether oxygens (including phenoxy) is 1. The highest BCUT2D eigenvalue weighted by Gasteiger charge is 2.27. The number of nitrogens with zero attached hydrogens (tertiary/aromatic N) is 4. The number of aromatic nitrogens is 4. The summed E-state index contributed by atoms with van der Waals surface area (Å²) in [6.45, 7) is 1.30. The summed E-state index contributed by atoms with van der Waals surface area (Å²) < 4.78 is 34.2. The monoisotopic (exact) mass is 475 g/mol. The highest BCUT2D eigenvalue weighted by Crippen LogP contribution is 2.25. The lowest BCUT2D eigenvalue weighted by molar-refractivity contribution is 0.0730. The number of benzene rings is 1. The summed E-state index contributed by atoms with van der Waals surface area (Å²) in [6.07, 6.45) is 2.37. The van der Waals surface area contributed by atoms with E-state index in [0.717, 1.165) is 24.1 Å². The molecule has 1 saturated heterocycles. The first-order valence-electron chi connectivity index (χ1n) is 10.3. The molecule has 1 fully saturated rings. The number of carbonyl (C=O) groups is 1. The van der Waals surface area contributed by atoms with Gasteiger partial charge in [-0.25, -0.2) is 8.42 Å². The third-order valence-electron chi connectivity index (χ3n) is 5.69. The molecule has 32 heavy (non-hydrogen) atoms. The molecule has 0 radical (unpaired) electrons. The number of fused-ring (bicyclic) bond motifs is 3. The van der Waals surface area contributed by atoms with Gasteiger partial charge in [0.1, 0.15) is 0 Å². The van der Waals surface area contributed by atoms with Crippen LogP contribution in [0.1, 0.15) is 28.0 Å². The van der Waals surface area contributed by atoms with Gasteiger partial charge in [0.25, 0.3) is 5.56 Å². The lowest BCUT2D eigenvalue weighted by Gasteiger charge is -2.26. The van der Waals surface area contributed by atoms with Crippen molar-refractivity contribution in [1.82, 2.24) is 23.9 Å². The lowest BCUT2D eigenvalue weighted by atomic mass is 10.1. The molecule has 3 aromatic rings. The third-order valence-corrected chi connectivity index (χ3v) is 8.51. The Kier molecular flexibility index (Phi) is 5.61. The highest BCUT2D eigenvalue weighted by molar-refractivity contribution is 7.99. The Balaban J connectivity index is 1.36. The van der Waals surface area contributed by atoms with Crippen LogP contribution in [0.15, 0.2) is 39.1 Å². The number of aromatic amines is 1. The predicted octanol–water partition coefficient (Wildman–Crippen LogP) is 0.902. The quantitative estimate of drug-likeness (QED) is 0.412. The maximum atomic E-state index is 12.9. The molecule has 0 saturated carbocycles. The topological polar surface area (TPSA) is 127 Å². The number of nitrogens with one attached hydrogen (secondary N) is 1. The average Bonchev–Trinajstić information content (AvgIpc) is 3.45. The molecule has 0 bridgehead atoms. The summed E-state index contributed by atoms with van der Waals surface area (Å²) in [5.74, 6) is 0.214. The van der Waals surface area contributed by atoms with E-state index in [0.29, 0.717) is 49.2 Å². The number of morpholine rings is 1. The molecule has 0 amide bonds. The predicted molar refractivity (Wildman–Crippen MR) is 117 cm³/mol. The zero-order chi connectivity index (χ0) is 22.3. The van der Waals surface area contributed by atoms with Crippen LogP contribution in [0.4, 0.5) is 0 Å². The molecule has 1 N–H and O–H groups in total. The van der Waals surface area contributed by atoms with Gasteiger partial charge in [-0.2, -0.15) is 4.31 Å². The van der Waals surface area contributed by atoms with Gasteiger partial charge in [0.15, 0.2) is 10.9 Å². The number of thioether (sulfide) groups is 1. The SMILES string of the molecule is O=C(CSc1nnc2[nH]c(=O)c3c(n12)CCC3)c1cccc(S(=O)(=O)N2CCOCC2)c1. The van der Waals surface area contributed by atoms with Crippen LogP contribution in [0.3, 0.4) is 0 Å². The second-order valence-electron chi connectivity index (χ2n) is 7.63. The molecular weight excluding hydrogens is 454 g/mol. The first kappa shape index (κ1) is 21.3. The van der Waals surface area contributed by atoms with Crippen LogP contribution < -0.4 is 5.56 Å². The molecule has 5 rings (SSSR count). The summed E-state index contributed by atoms with van der Waals surface area (Å²) >= 11 is 1.21. The number of hydrogen-bond donors (Lipinski definition) is 1. The van der Waals surface area contributed by atoms with Crippen molar-refractivity contribution in [3.8, 4) is 0 Å². The van der Waals surface area contributed by atoms with Crippen LogP contribution >= 0.6 is 11.8 Å². The molecule has 0 spiro atoms. The van der Waals surface area contributed by atoms with Crippen molar-refractivity contribution in [2.75, 3.05) is 32.1 Å². The van der Waals surface area contributed by atoms with Crippen molar-refractivity contribution < 1.29 is 17.9 Å². The largest absolute Gasteiger partial charge is 0.379 e. The Morgan fingerprint density at radius 3 is 2.81 bits per heavy atom. The van der Waals surface area contributed by atoms with Crippen LogP contribution in [0, 0.1) is 0 Å². The summed E-state index contributed by atoms with van der Waals surface area (Å²) in [4.78, 5) is 27.8. The van der Waals surface area contributed by atoms with Crippen LogP contribution in [0.5, 0.6) is 0 Å². The lowest BCUT2D eigenvalue weighted by Crippen LogP contribution is -2.40. The molecule has 0 unspecified atom stereocenters. The molecule has 2 aliphatic rings. The molecule has 1 aliphatic heterocycles. The molecule has 168 valence electrons. The molecule has 1 aliphatic carbocycles. The second kappa shape index (κ2) is 8.43. The van der Waals surface area contributed by atoms with Crippen LogP contribution in [0.2, 0.25) is 0 Å². The first-order valence-corrected chi connectivity index (χ1v) is 12.7. The summed E-state index contributed by atoms with van der Waals surface area (Å²) in [6, 6.07) is 6.11. The van der Waals surface area contributed by atoms with E-state index < -0.39 is 10.0 Å². The van der Waals surface area contributed by atoms with Crippen molar-refractivity contribution in [2.45, 2.75) is 29.3 Å². The Morgan fingerprint density at radius 1 is 1.19 bits per heavy atom. The molecule has 12 heteroatoms. The number of Topliss-reactive ketones (excluding diaryl/α,β-unsaturated/α-hetero) is 1. The Bertz CT molecular complexity index is 1360. The zero-order valence-corrected chi connectivity index (χ0v) is 18.7. The van der Waals surface area contributed by atoms with E-state index in [1.807, 2.05) is 0 Å². The summed E-state index contributed by atoms with van der Waals surface area (Å²) in [7, 11) is -3.68. The Labute approximate surface area is 188 Å². The number of hydrogen-bond acceptors (Lipinski definition) is 8. The van der Waals surface area contributed by atoms with Gasteiger partial charge in [-0.3, -0.25) is 19.0 Å². The number of H-pyrrole nitrogens is 1. The maximum absolute atomic E-state index is 12.9. The average molecular weight is 476 g/mol. The van der Waals surface area contributed by atoms with Gasteiger partial charge < -0.3 is 4.74 Å². The van der Waals surface area contributed by atoms with Gasteiger partial charge in [0, 0.05) is 29.9 Å². The van der Waals surface area contributed by atoms with Crippen molar-refractivity contribution in [2.24, 2.45) is 0 Å². The Hall–Kier alpha value is -2.54. The van der Waals surface area contributed by atoms with E-state index >= 15 is 0 Å². The van der Waals surface area contributed by atoms with Crippen molar-refractivity contribution >= 4 is 33.3 Å². The van der Waals surface area contributed by atoms with E-state index in [1.165, 1.54) is 28.2 Å². The van der Waals surface area contributed by atoms with Gasteiger partial charge in [-0.15, -0.1) is 10.2 Å². The zero-order valence-electron chi connectivity index (χ0n) is 17.1. The normalized spacial score (nSPS) is 17.0. The number of ketones is 1. The highest BCUT2D eigenvalue weighted by atomic mass is 32.2. The molecular formula is C20H21N5O5S2. The minimum absolute atomic E-state index is 0.0652. The minimum Gasteiger partial charge on any atom is -0.379 e. The molecule has 10 nitrogen and oxygen atoms in total. The van der Waals surface area contributed by atoms with Crippen LogP contribution in [-0.2, 0) is 27.6 Å². The van der Waals surface area contributed by atoms with Gasteiger partial charge in [0.2, 0.25) is 15.8 Å². The van der Waals surface area contributed by atoms with Crippen molar-refractivity contribution in [3.05, 3.63) is 51.4 Å². The Morgan fingerprint density at radius 2 is 2.00 bits per heavy atom. The van der Waals surface area contributed by atoms with Gasteiger partial charge in [0.05, 0.1) is 23.9 Å². The first-order chi connectivity index (χ1) is 15.4. The van der Waals surface area contributed by atoms with E-state index in [1.54, 1.807) is 16.5 Å². The molecule has 2 aromatic heterocycles. The molecule has 0 atom stereocenters. The molecule has 3 heterocycles. The van der Waals surface area contributed by atoms with E-state index in [2.05, 4.69) is 15.2 Å². The molecule has 1 aromatic carbocycles. The second-order valence-corrected chi connectivity index (χ2v) is 10.5. The number of rotatable bonds is 6. The number of aryl methyl sites for hydroxylation is 1. The smallest absolute Gasteiger partial charge is 0.255 e.